The molecule has 2 rings (SSSR count). The highest BCUT2D eigenvalue weighted by molar-refractivity contribution is 9.10. The largest absolute Gasteiger partial charge is 0.392 e. The third-order valence-electron chi connectivity index (χ3n) is 2.87. The van der Waals surface area contributed by atoms with E-state index in [9.17, 15) is 9.18 Å². The fourth-order valence-electron chi connectivity index (χ4n) is 1.88. The fraction of sp³-hybridized carbons (Fsp3) is 0.0667. The normalized spacial score (nSPS) is 11.7. The lowest BCUT2D eigenvalue weighted by Gasteiger charge is -2.16. The predicted molar refractivity (Wildman–Crippen MR) is 88.7 cm³/mol. The lowest BCUT2D eigenvalue weighted by Crippen LogP contribution is -2.31. The zero-order chi connectivity index (χ0) is 15.4. The van der Waals surface area contributed by atoms with Crippen molar-refractivity contribution in [3.8, 4) is 0 Å². The molecule has 3 nitrogen and oxygen atoms in total. The summed E-state index contributed by atoms with van der Waals surface area (Å²) < 4.78 is 13.5. The van der Waals surface area contributed by atoms with E-state index >= 15 is 0 Å². The van der Waals surface area contributed by atoms with Crippen LogP contribution in [0.4, 0.5) is 10.1 Å². The number of hydrogen-bond donors (Lipinski definition) is 2. The third-order valence-corrected chi connectivity index (χ3v) is 3.71. The molecule has 1 atom stereocenters. The van der Waals surface area contributed by atoms with E-state index in [1.807, 2.05) is 18.2 Å². The summed E-state index contributed by atoms with van der Waals surface area (Å²) in [7, 11) is 0. The number of nitrogens with one attached hydrogen (secondary N) is 1. The molecule has 0 aliphatic rings. The van der Waals surface area contributed by atoms with Crippen LogP contribution < -0.4 is 11.1 Å². The molecule has 0 spiro atoms. The number of halogens is 2. The molecular formula is C15H12BrFN2OS. The number of nitrogens with two attached hydrogens (primary N) is 1. The van der Waals surface area contributed by atoms with Gasteiger partial charge in [-0.15, -0.1) is 0 Å². The van der Waals surface area contributed by atoms with E-state index in [0.717, 1.165) is 0 Å². The maximum absolute atomic E-state index is 13.2. The molecule has 21 heavy (non-hydrogen) atoms. The zero-order valence-electron chi connectivity index (χ0n) is 10.8. The Bertz CT molecular complexity index is 679. The topological polar surface area (TPSA) is 55.1 Å². The summed E-state index contributed by atoms with van der Waals surface area (Å²) in [6.07, 6.45) is 0. The molecule has 0 fully saturated rings. The Morgan fingerprint density at radius 2 is 1.90 bits per heavy atom. The molecule has 6 heteroatoms. The lowest BCUT2D eigenvalue weighted by molar-refractivity contribution is -0.116. The van der Waals surface area contributed by atoms with E-state index in [1.165, 1.54) is 18.2 Å². The number of hydrogen-bond acceptors (Lipinski definition) is 2. The number of thiocarbonyl (C=S) groups is 1. The summed E-state index contributed by atoms with van der Waals surface area (Å²) in [4.78, 5) is 12.4. The summed E-state index contributed by atoms with van der Waals surface area (Å²) in [5.41, 5.74) is 6.85. The van der Waals surface area contributed by atoms with Gasteiger partial charge in [0.05, 0.1) is 9.46 Å². The second-order valence-electron chi connectivity index (χ2n) is 4.36. The Morgan fingerprint density at radius 1 is 1.24 bits per heavy atom. The van der Waals surface area contributed by atoms with E-state index in [4.69, 9.17) is 18.0 Å². The molecule has 0 aliphatic heterocycles. The number of amides is 1. The summed E-state index contributed by atoms with van der Waals surface area (Å²) in [6, 6.07) is 13.2. The van der Waals surface area contributed by atoms with Crippen molar-refractivity contribution in [1.82, 2.24) is 0 Å². The minimum Gasteiger partial charge on any atom is -0.392 e. The number of rotatable bonds is 4. The van der Waals surface area contributed by atoms with Crippen LogP contribution in [0.5, 0.6) is 0 Å². The highest BCUT2D eigenvalue weighted by Gasteiger charge is 2.23. The van der Waals surface area contributed by atoms with Gasteiger partial charge in [-0.25, -0.2) is 4.39 Å². The summed E-state index contributed by atoms with van der Waals surface area (Å²) in [5, 5.41) is 2.69. The van der Waals surface area contributed by atoms with E-state index in [1.54, 1.807) is 12.1 Å². The first-order valence-corrected chi connectivity index (χ1v) is 7.29. The Labute approximate surface area is 135 Å². The molecule has 0 aliphatic carbocycles. The van der Waals surface area contributed by atoms with Crippen LogP contribution in [0, 0.1) is 5.82 Å². The average Bonchev–Trinajstić information content (AvgIpc) is 2.44. The van der Waals surface area contributed by atoms with Crippen molar-refractivity contribution in [2.45, 2.75) is 5.92 Å². The quantitative estimate of drug-likeness (QED) is 0.812. The van der Waals surface area contributed by atoms with Gasteiger partial charge in [0.1, 0.15) is 11.7 Å². The molecule has 0 heterocycles. The Morgan fingerprint density at radius 3 is 2.48 bits per heavy atom. The molecule has 108 valence electrons. The van der Waals surface area contributed by atoms with Gasteiger partial charge < -0.3 is 11.1 Å². The van der Waals surface area contributed by atoms with Crippen molar-refractivity contribution in [1.29, 1.82) is 0 Å². The van der Waals surface area contributed by atoms with Gasteiger partial charge in [-0.1, -0.05) is 42.5 Å². The standard InChI is InChI=1S/C15H12BrFN2OS/c16-11-8-10(6-7-12(11)17)19-15(20)13(14(18)21)9-4-2-1-3-5-9/h1-8,13H,(H2,18,21)(H,19,20). The van der Waals surface area contributed by atoms with Crippen LogP contribution >= 0.6 is 28.1 Å². The molecule has 0 saturated heterocycles. The average molecular weight is 367 g/mol. The van der Waals surface area contributed by atoms with Crippen LogP contribution in [0.2, 0.25) is 0 Å². The number of anilines is 1. The molecule has 1 unspecified atom stereocenters. The summed E-state index contributed by atoms with van der Waals surface area (Å²) >= 11 is 8.06. The predicted octanol–water partition coefficient (Wildman–Crippen LogP) is 3.60. The Hall–Kier alpha value is -1.79. The molecule has 2 aromatic rings. The van der Waals surface area contributed by atoms with Crippen molar-refractivity contribution in [2.24, 2.45) is 5.73 Å². The van der Waals surface area contributed by atoms with Crippen molar-refractivity contribution in [3.05, 3.63) is 64.4 Å². The molecule has 0 radical (unpaired) electrons. The molecule has 0 saturated carbocycles. The third kappa shape index (κ3) is 3.86. The monoisotopic (exact) mass is 366 g/mol. The fourth-order valence-corrected chi connectivity index (χ4v) is 2.50. The molecule has 0 bridgehead atoms. The van der Waals surface area contributed by atoms with Crippen LogP contribution in [0.15, 0.2) is 53.0 Å². The molecule has 0 aromatic heterocycles. The van der Waals surface area contributed by atoms with Gasteiger partial charge in [0, 0.05) is 5.69 Å². The van der Waals surface area contributed by atoms with E-state index in [0.29, 0.717) is 11.3 Å². The highest BCUT2D eigenvalue weighted by atomic mass is 79.9. The van der Waals surface area contributed by atoms with Gasteiger partial charge in [-0.2, -0.15) is 0 Å². The van der Waals surface area contributed by atoms with Crippen LogP contribution in [-0.2, 0) is 4.79 Å². The Kier molecular flexibility index (Phi) is 5.03. The zero-order valence-corrected chi connectivity index (χ0v) is 13.2. The van der Waals surface area contributed by atoms with Crippen LogP contribution in [-0.4, -0.2) is 10.9 Å². The Balaban J connectivity index is 2.24. The number of carbonyl (C=O) groups is 1. The first-order chi connectivity index (χ1) is 9.99. The molecule has 2 aromatic carbocycles. The summed E-state index contributed by atoms with van der Waals surface area (Å²) in [6.45, 7) is 0. The van der Waals surface area contributed by atoms with Crippen molar-refractivity contribution < 1.29 is 9.18 Å². The lowest BCUT2D eigenvalue weighted by atomic mass is 9.98. The molecule has 3 N–H and O–H groups in total. The second-order valence-corrected chi connectivity index (χ2v) is 5.69. The number of benzene rings is 2. The van der Waals surface area contributed by atoms with Gasteiger partial charge in [0.25, 0.3) is 0 Å². The van der Waals surface area contributed by atoms with E-state index in [-0.39, 0.29) is 15.4 Å². The van der Waals surface area contributed by atoms with Crippen molar-refractivity contribution >= 4 is 44.7 Å². The van der Waals surface area contributed by atoms with E-state index < -0.39 is 11.7 Å². The first kappa shape index (κ1) is 15.6. The van der Waals surface area contributed by atoms with Crippen molar-refractivity contribution in [2.75, 3.05) is 5.32 Å². The van der Waals surface area contributed by atoms with Crippen molar-refractivity contribution in [3.63, 3.8) is 0 Å². The number of carbonyl (C=O) groups excluding carboxylic acids is 1. The molecular weight excluding hydrogens is 355 g/mol. The van der Waals surface area contributed by atoms with Gasteiger partial charge >= 0.3 is 0 Å². The smallest absolute Gasteiger partial charge is 0.238 e. The van der Waals surface area contributed by atoms with Crippen LogP contribution in [0.3, 0.4) is 0 Å². The van der Waals surface area contributed by atoms with Gasteiger partial charge in [-0.05, 0) is 39.7 Å². The van der Waals surface area contributed by atoms with E-state index in [2.05, 4.69) is 21.2 Å². The minimum absolute atomic E-state index is 0.0832. The highest BCUT2D eigenvalue weighted by Crippen LogP contribution is 2.22. The maximum atomic E-state index is 13.2. The summed E-state index contributed by atoms with van der Waals surface area (Å²) in [5.74, 6) is -1.49. The van der Waals surface area contributed by atoms with Gasteiger partial charge in [0.2, 0.25) is 5.91 Å². The first-order valence-electron chi connectivity index (χ1n) is 6.09. The van der Waals surface area contributed by atoms with Gasteiger partial charge in [0.15, 0.2) is 0 Å². The molecule has 1 amide bonds. The van der Waals surface area contributed by atoms with Gasteiger partial charge in [-0.3, -0.25) is 4.79 Å². The maximum Gasteiger partial charge on any atom is 0.238 e. The van der Waals surface area contributed by atoms with Crippen LogP contribution in [0.1, 0.15) is 11.5 Å². The SMILES string of the molecule is NC(=S)C(C(=O)Nc1ccc(F)c(Br)c1)c1ccccc1. The minimum atomic E-state index is -0.731. The second kappa shape index (κ2) is 6.78. The van der Waals surface area contributed by atoms with Crippen LogP contribution in [0.25, 0.3) is 0 Å².